The van der Waals surface area contributed by atoms with Crippen molar-refractivity contribution in [2.75, 3.05) is 31.1 Å². The number of benzene rings is 2. The second-order valence-corrected chi connectivity index (χ2v) is 13.3. The number of fused-ring (bicyclic) bond motifs is 3. The molecule has 0 radical (unpaired) electrons. The molecule has 4 amide bonds. The molecule has 0 saturated carbocycles. The van der Waals surface area contributed by atoms with Crippen LogP contribution in [0.1, 0.15) is 42.2 Å². The summed E-state index contributed by atoms with van der Waals surface area (Å²) in [6.45, 7) is 2.12. The highest BCUT2D eigenvalue weighted by atomic mass is 31.2. The van der Waals surface area contributed by atoms with Gasteiger partial charge in [0.2, 0.25) is 17.7 Å². The van der Waals surface area contributed by atoms with Gasteiger partial charge in [-0.1, -0.05) is 18.2 Å². The molecule has 46 heavy (non-hydrogen) atoms. The summed E-state index contributed by atoms with van der Waals surface area (Å²) in [5.74, 6) is -1.29. The van der Waals surface area contributed by atoms with E-state index in [2.05, 4.69) is 10.3 Å². The van der Waals surface area contributed by atoms with E-state index in [0.29, 0.717) is 50.4 Å². The molecule has 3 atom stereocenters. The highest BCUT2D eigenvalue weighted by Crippen LogP contribution is 2.59. The first kappa shape index (κ1) is 31.6. The Bertz CT molecular complexity index is 1780. The normalized spacial score (nSPS) is 22.1. The second-order valence-electron chi connectivity index (χ2n) is 11.6. The molecule has 0 aliphatic carbocycles. The van der Waals surface area contributed by atoms with Crippen LogP contribution in [0, 0.1) is 0 Å². The average molecular weight is 660 g/mol. The van der Waals surface area contributed by atoms with Crippen molar-refractivity contribution < 1.29 is 47.0 Å². The number of nitrogens with one attached hydrogen (secondary N) is 2. The zero-order chi connectivity index (χ0) is 33.0. The number of hydrogen-bond acceptors (Lipinski definition) is 6. The third-order valence-corrected chi connectivity index (χ3v) is 9.79. The molecule has 0 unspecified atom stereocenters. The number of alkyl halides is 2. The van der Waals surface area contributed by atoms with Gasteiger partial charge in [-0.2, -0.15) is 8.78 Å². The number of aromatic nitrogens is 1. The van der Waals surface area contributed by atoms with Crippen LogP contribution < -0.4 is 15.0 Å². The predicted octanol–water partition coefficient (Wildman–Crippen LogP) is 2.53. The van der Waals surface area contributed by atoms with E-state index in [-0.39, 0.29) is 41.0 Å². The lowest BCUT2D eigenvalue weighted by molar-refractivity contribution is -0.144. The quantitative estimate of drug-likeness (QED) is 0.303. The molecule has 0 bridgehead atoms. The molecule has 0 spiro atoms. The maximum Gasteiger partial charge on any atom is 0.399 e. The van der Waals surface area contributed by atoms with E-state index < -0.39 is 42.7 Å². The number of hydrogen-bond donors (Lipinski definition) is 4. The summed E-state index contributed by atoms with van der Waals surface area (Å²) >= 11 is 0. The van der Waals surface area contributed by atoms with Gasteiger partial charge in [-0.15, -0.1) is 0 Å². The largest absolute Gasteiger partial charge is 0.490 e. The van der Waals surface area contributed by atoms with Gasteiger partial charge in [-0.05, 0) is 49.6 Å². The Balaban J connectivity index is 1.27. The van der Waals surface area contributed by atoms with Crippen LogP contribution >= 0.6 is 7.60 Å². The molecule has 2 fully saturated rings. The number of ether oxygens (including phenoxy) is 1. The number of nitrogens with zero attached hydrogens (tertiary/aromatic N) is 3. The number of halogens is 2. The Labute approximate surface area is 261 Å². The minimum atomic E-state index is -5.81. The van der Waals surface area contributed by atoms with Crippen LogP contribution in [0.2, 0.25) is 0 Å². The summed E-state index contributed by atoms with van der Waals surface area (Å²) < 4.78 is 45.7. The van der Waals surface area contributed by atoms with Gasteiger partial charge in [0.1, 0.15) is 30.1 Å². The van der Waals surface area contributed by atoms with Gasteiger partial charge < -0.3 is 39.5 Å². The van der Waals surface area contributed by atoms with Gasteiger partial charge in [0.15, 0.2) is 0 Å². The van der Waals surface area contributed by atoms with Crippen LogP contribution in [-0.4, -0.2) is 92.6 Å². The van der Waals surface area contributed by atoms with Crippen molar-refractivity contribution in [2.24, 2.45) is 0 Å². The zero-order valence-electron chi connectivity index (χ0n) is 24.7. The van der Waals surface area contributed by atoms with Gasteiger partial charge in [0.25, 0.3) is 5.91 Å². The maximum absolute atomic E-state index is 14.3. The Morgan fingerprint density at radius 3 is 2.57 bits per heavy atom. The van der Waals surface area contributed by atoms with Crippen molar-refractivity contribution >= 4 is 47.8 Å². The number of amides is 4. The third kappa shape index (κ3) is 5.63. The lowest BCUT2D eigenvalue weighted by atomic mass is 10.1. The molecular formula is C30H32F2N5O8P. The number of carbonyl (C=O) groups excluding carboxylic acids is 4. The molecule has 2 saturated heterocycles. The van der Waals surface area contributed by atoms with Crippen LogP contribution in [0.4, 0.5) is 14.5 Å². The molecule has 4 heterocycles. The molecule has 4 N–H and O–H groups in total. The van der Waals surface area contributed by atoms with E-state index in [9.17, 15) is 32.5 Å². The van der Waals surface area contributed by atoms with E-state index in [1.807, 2.05) is 0 Å². The summed E-state index contributed by atoms with van der Waals surface area (Å²) in [4.78, 5) is 79.7. The topological polar surface area (TPSA) is 173 Å². The van der Waals surface area contributed by atoms with Crippen LogP contribution in [0.25, 0.3) is 10.9 Å². The van der Waals surface area contributed by atoms with E-state index in [1.54, 1.807) is 29.2 Å². The number of rotatable bonds is 5. The van der Waals surface area contributed by atoms with Gasteiger partial charge in [-0.3, -0.25) is 23.7 Å². The van der Waals surface area contributed by atoms with Gasteiger partial charge in [0, 0.05) is 42.5 Å². The first-order valence-electron chi connectivity index (χ1n) is 14.7. The molecule has 16 heteroatoms. The lowest BCUT2D eigenvalue weighted by Crippen LogP contribution is -2.61. The van der Waals surface area contributed by atoms with Crippen molar-refractivity contribution in [3.8, 4) is 5.75 Å². The Morgan fingerprint density at radius 1 is 1.07 bits per heavy atom. The fourth-order valence-electron chi connectivity index (χ4n) is 6.43. The summed E-state index contributed by atoms with van der Waals surface area (Å²) in [7, 11) is -5.81. The van der Waals surface area contributed by atoms with Crippen LogP contribution in [-0.2, 0) is 24.6 Å². The number of anilines is 1. The molecule has 3 aliphatic heterocycles. The monoisotopic (exact) mass is 659 g/mol. The first-order chi connectivity index (χ1) is 21.8. The average Bonchev–Trinajstić information content (AvgIpc) is 3.64. The van der Waals surface area contributed by atoms with Crippen LogP contribution in [0.5, 0.6) is 5.75 Å². The molecule has 13 nitrogen and oxygen atoms in total. The summed E-state index contributed by atoms with van der Waals surface area (Å²) in [6.07, 6.45) is 1.39. The van der Waals surface area contributed by atoms with Crippen LogP contribution in [0.15, 0.2) is 48.5 Å². The lowest BCUT2D eigenvalue weighted by Gasteiger charge is -2.40. The van der Waals surface area contributed by atoms with E-state index in [0.717, 1.165) is 18.2 Å². The molecule has 2 aromatic carbocycles. The van der Waals surface area contributed by atoms with E-state index in [1.165, 1.54) is 22.8 Å². The van der Waals surface area contributed by atoms with Crippen molar-refractivity contribution in [3.63, 3.8) is 0 Å². The number of para-hydroxylation sites is 2. The number of carbonyl (C=O) groups is 4. The van der Waals surface area contributed by atoms with Crippen molar-refractivity contribution in [2.45, 2.75) is 50.0 Å². The second kappa shape index (κ2) is 11.8. The number of aromatic amines is 1. The predicted molar refractivity (Wildman–Crippen MR) is 160 cm³/mol. The Kier molecular flexibility index (Phi) is 8.11. The third-order valence-electron chi connectivity index (χ3n) is 8.80. The SMILES string of the molecule is CC(=O)N1CC[C@H]2CC[C@@H](C(=O)N3CCOc4ccccc43)N2C(=O)[C@@H](NC(=O)c2cc3cc(C(F)(F)P(=O)(O)O)ccc3[nH]2)C1. The molecular weight excluding hydrogens is 627 g/mol. The maximum atomic E-state index is 14.3. The fourth-order valence-corrected chi connectivity index (χ4v) is 6.91. The Hall–Kier alpha value is -4.33. The summed E-state index contributed by atoms with van der Waals surface area (Å²) in [5, 5.41) is 2.75. The minimum Gasteiger partial charge on any atom is -0.490 e. The fraction of sp³-hybridized carbons (Fsp3) is 0.400. The standard InChI is InChI=1S/C30H32F2N5O8P/c1-17(38)35-11-10-20-7-9-25(29(41)36-12-13-45-26-5-3-2-4-24(26)36)37(20)28(40)23(16-35)34-27(39)22-15-18-14-19(6-8-21(18)33-22)30(31,32)46(42,43)44/h2-6,8,14-15,20,23,25,33H,7,9-13,16H2,1H3,(H,34,39)(H2,42,43,44)/t20-,23+,25+/m1/s1. The van der Waals surface area contributed by atoms with Crippen molar-refractivity contribution in [3.05, 3.63) is 59.8 Å². The van der Waals surface area contributed by atoms with Crippen molar-refractivity contribution in [1.29, 1.82) is 0 Å². The highest BCUT2D eigenvalue weighted by molar-refractivity contribution is 7.52. The number of H-pyrrole nitrogens is 1. The molecule has 6 rings (SSSR count). The van der Waals surface area contributed by atoms with Gasteiger partial charge >= 0.3 is 13.3 Å². The van der Waals surface area contributed by atoms with Gasteiger partial charge in [0.05, 0.1) is 12.2 Å². The highest BCUT2D eigenvalue weighted by Gasteiger charge is 2.50. The summed E-state index contributed by atoms with van der Waals surface area (Å²) in [5.41, 5.74) is -4.63. The smallest absolute Gasteiger partial charge is 0.399 e. The molecule has 244 valence electrons. The first-order valence-corrected chi connectivity index (χ1v) is 16.4. The zero-order valence-corrected chi connectivity index (χ0v) is 25.6. The Morgan fingerprint density at radius 2 is 1.83 bits per heavy atom. The molecule has 3 aliphatic rings. The van der Waals surface area contributed by atoms with Gasteiger partial charge in [-0.25, -0.2) is 0 Å². The molecule has 3 aromatic rings. The van der Waals surface area contributed by atoms with E-state index >= 15 is 0 Å². The minimum absolute atomic E-state index is 0.0844. The van der Waals surface area contributed by atoms with Crippen molar-refractivity contribution in [1.82, 2.24) is 20.1 Å². The molecule has 1 aromatic heterocycles. The summed E-state index contributed by atoms with van der Waals surface area (Å²) in [6, 6.07) is 8.87. The van der Waals surface area contributed by atoms with E-state index in [4.69, 9.17) is 14.5 Å². The van der Waals surface area contributed by atoms with Crippen LogP contribution in [0.3, 0.4) is 0 Å².